The van der Waals surface area contributed by atoms with Crippen LogP contribution in [0.2, 0.25) is 0 Å². The first-order valence-corrected chi connectivity index (χ1v) is 10.1. The molecule has 1 aromatic rings. The fraction of sp³-hybridized carbons (Fsp3) is 0.591. The first kappa shape index (κ1) is 23.8. The molecule has 0 aromatic heterocycles. The third kappa shape index (κ3) is 6.53. The average molecular weight is 421 g/mol. The summed E-state index contributed by atoms with van der Waals surface area (Å²) in [6.45, 7) is 3.86. The van der Waals surface area contributed by atoms with Crippen LogP contribution in [-0.4, -0.2) is 56.9 Å². The van der Waals surface area contributed by atoms with Crippen LogP contribution in [0.4, 0.5) is 0 Å². The van der Waals surface area contributed by atoms with E-state index in [-0.39, 0.29) is 17.6 Å². The van der Waals surface area contributed by atoms with Crippen molar-refractivity contribution in [3.8, 4) is 5.75 Å². The largest absolute Gasteiger partial charge is 0.497 e. The highest BCUT2D eigenvalue weighted by atomic mass is 16.7. The Morgan fingerprint density at radius 3 is 2.30 bits per heavy atom. The van der Waals surface area contributed by atoms with Crippen molar-refractivity contribution in [3.63, 3.8) is 0 Å². The minimum absolute atomic E-state index is 0.0740. The maximum atomic E-state index is 12.4. The van der Waals surface area contributed by atoms with E-state index in [1.807, 2.05) is 0 Å². The van der Waals surface area contributed by atoms with Crippen LogP contribution in [0.5, 0.6) is 5.75 Å². The van der Waals surface area contributed by atoms with Crippen LogP contribution in [0.25, 0.3) is 0 Å². The van der Waals surface area contributed by atoms with E-state index in [9.17, 15) is 14.4 Å². The number of ether oxygens (including phenoxy) is 4. The third-order valence-electron chi connectivity index (χ3n) is 5.25. The van der Waals surface area contributed by atoms with E-state index in [2.05, 4.69) is 10.1 Å². The molecule has 1 saturated heterocycles. The molecule has 0 saturated carbocycles. The molecule has 0 radical (unpaired) electrons. The molecule has 1 N–H and O–H groups in total. The Hall–Kier alpha value is -2.45. The predicted molar refractivity (Wildman–Crippen MR) is 109 cm³/mol. The minimum atomic E-state index is -1.34. The van der Waals surface area contributed by atoms with Crippen LogP contribution in [0.1, 0.15) is 49.9 Å². The van der Waals surface area contributed by atoms with Crippen molar-refractivity contribution in [2.45, 2.75) is 51.4 Å². The Morgan fingerprint density at radius 2 is 1.77 bits per heavy atom. The second-order valence-electron chi connectivity index (χ2n) is 7.57. The van der Waals surface area contributed by atoms with Crippen LogP contribution in [0.3, 0.4) is 0 Å². The number of esters is 1. The number of carbonyl (C=O) groups excluding carboxylic acids is 3. The van der Waals surface area contributed by atoms with Gasteiger partial charge in [0.15, 0.2) is 5.78 Å². The Balaban J connectivity index is 1.74. The summed E-state index contributed by atoms with van der Waals surface area (Å²) in [5.41, 5.74) is 0.479. The molecule has 1 unspecified atom stereocenters. The number of carbonyl (C=O) groups is 3. The number of hydrogen-bond acceptors (Lipinski definition) is 7. The predicted octanol–water partition coefficient (Wildman–Crippen LogP) is 2.50. The monoisotopic (exact) mass is 421 g/mol. The lowest BCUT2D eigenvalue weighted by molar-refractivity contribution is -0.272. The van der Waals surface area contributed by atoms with E-state index in [1.165, 1.54) is 14.0 Å². The molecular weight excluding hydrogens is 390 g/mol. The lowest BCUT2D eigenvalue weighted by Crippen LogP contribution is -2.48. The third-order valence-corrected chi connectivity index (χ3v) is 5.25. The maximum Gasteiger partial charge on any atom is 0.366 e. The molecule has 1 aliphatic heterocycles. The first-order chi connectivity index (χ1) is 14.3. The minimum Gasteiger partial charge on any atom is -0.497 e. The molecule has 0 aliphatic carbocycles. The zero-order valence-corrected chi connectivity index (χ0v) is 18.1. The van der Waals surface area contributed by atoms with Crippen LogP contribution in [0.15, 0.2) is 24.3 Å². The van der Waals surface area contributed by atoms with Gasteiger partial charge in [-0.2, -0.15) is 0 Å². The van der Waals surface area contributed by atoms with Gasteiger partial charge < -0.3 is 24.3 Å². The van der Waals surface area contributed by atoms with Crippen molar-refractivity contribution in [2.75, 3.05) is 27.4 Å². The Morgan fingerprint density at radius 1 is 1.13 bits per heavy atom. The lowest BCUT2D eigenvalue weighted by atomic mass is 9.98. The molecule has 1 amide bonds. The van der Waals surface area contributed by atoms with Crippen molar-refractivity contribution in [1.29, 1.82) is 0 Å². The number of amides is 1. The van der Waals surface area contributed by atoms with E-state index in [1.54, 1.807) is 38.3 Å². The number of nitrogens with one attached hydrogen (secondary N) is 1. The highest BCUT2D eigenvalue weighted by molar-refractivity contribution is 5.97. The van der Waals surface area contributed by atoms with Gasteiger partial charge in [0, 0.05) is 18.4 Å². The molecule has 1 heterocycles. The fourth-order valence-electron chi connectivity index (χ4n) is 3.26. The van der Waals surface area contributed by atoms with Gasteiger partial charge in [-0.3, -0.25) is 9.59 Å². The van der Waals surface area contributed by atoms with Gasteiger partial charge in [-0.15, -0.1) is 0 Å². The molecule has 30 heavy (non-hydrogen) atoms. The van der Waals surface area contributed by atoms with Gasteiger partial charge in [0.25, 0.3) is 11.7 Å². The Bertz CT molecular complexity index is 724. The number of hydrogen-bond donors (Lipinski definition) is 1. The van der Waals surface area contributed by atoms with Gasteiger partial charge >= 0.3 is 5.97 Å². The number of ketones is 1. The molecule has 0 spiro atoms. The van der Waals surface area contributed by atoms with E-state index in [4.69, 9.17) is 14.2 Å². The van der Waals surface area contributed by atoms with Crippen molar-refractivity contribution in [3.05, 3.63) is 29.8 Å². The molecule has 166 valence electrons. The SMILES string of the molecule is COc1ccc(C(=O)NC(CCCC[C@H]2CO[C@@](C)(C(=O)OC)OC2)C(C)=O)cc1. The van der Waals surface area contributed by atoms with E-state index in [0.717, 1.165) is 19.3 Å². The summed E-state index contributed by atoms with van der Waals surface area (Å²) in [6, 6.07) is 6.21. The molecule has 1 fully saturated rings. The molecule has 8 heteroatoms. The summed E-state index contributed by atoms with van der Waals surface area (Å²) in [6.07, 6.45) is 3.03. The highest BCUT2D eigenvalue weighted by Gasteiger charge is 2.41. The van der Waals surface area contributed by atoms with Gasteiger partial charge in [-0.1, -0.05) is 12.8 Å². The molecule has 2 rings (SSSR count). The van der Waals surface area contributed by atoms with Crippen molar-refractivity contribution < 1.29 is 33.3 Å². The number of rotatable bonds is 10. The van der Waals surface area contributed by atoms with Crippen LogP contribution >= 0.6 is 0 Å². The van der Waals surface area contributed by atoms with Crippen LogP contribution < -0.4 is 10.1 Å². The quantitative estimate of drug-likeness (QED) is 0.458. The molecule has 1 aliphatic rings. The van der Waals surface area contributed by atoms with Crippen molar-refractivity contribution >= 4 is 17.7 Å². The summed E-state index contributed by atoms with van der Waals surface area (Å²) in [4.78, 5) is 36.0. The summed E-state index contributed by atoms with van der Waals surface area (Å²) < 4.78 is 20.9. The average Bonchev–Trinajstić information content (AvgIpc) is 2.76. The number of unbranched alkanes of at least 4 members (excludes halogenated alkanes) is 1. The van der Waals surface area contributed by atoms with Crippen molar-refractivity contribution in [2.24, 2.45) is 5.92 Å². The smallest absolute Gasteiger partial charge is 0.366 e. The Kier molecular flexibility index (Phi) is 8.80. The highest BCUT2D eigenvalue weighted by Crippen LogP contribution is 2.25. The standard InChI is InChI=1S/C22H31NO7/c1-15(24)19(23-20(25)17-9-11-18(27-3)12-10-17)8-6-5-7-16-13-29-22(2,30-14-16)21(26)28-4/h9-12,16,19H,5-8,13-14H2,1-4H3,(H,23,25)/t16-,19?,22+. The number of benzene rings is 1. The Labute approximate surface area is 177 Å². The molecule has 1 atom stereocenters. The lowest BCUT2D eigenvalue weighted by Gasteiger charge is -2.35. The second-order valence-corrected chi connectivity index (χ2v) is 7.57. The van der Waals surface area contributed by atoms with Gasteiger partial charge in [0.1, 0.15) is 5.75 Å². The van der Waals surface area contributed by atoms with Crippen molar-refractivity contribution in [1.82, 2.24) is 5.32 Å². The molecule has 0 bridgehead atoms. The van der Waals surface area contributed by atoms with Gasteiger partial charge in [-0.25, -0.2) is 4.79 Å². The van der Waals surface area contributed by atoms with Gasteiger partial charge in [0.05, 0.1) is 33.5 Å². The normalized spacial score (nSPS) is 22.1. The summed E-state index contributed by atoms with van der Waals surface area (Å²) in [7, 11) is 2.86. The summed E-state index contributed by atoms with van der Waals surface area (Å²) >= 11 is 0. The van der Waals surface area contributed by atoms with Crippen LogP contribution in [-0.2, 0) is 23.8 Å². The maximum absolute atomic E-state index is 12.4. The molecule has 1 aromatic carbocycles. The van der Waals surface area contributed by atoms with E-state index < -0.39 is 17.8 Å². The van der Waals surface area contributed by atoms with E-state index in [0.29, 0.717) is 30.9 Å². The number of methoxy groups -OCH3 is 2. The zero-order valence-electron chi connectivity index (χ0n) is 18.1. The van der Waals surface area contributed by atoms with Gasteiger partial charge in [-0.05, 0) is 44.0 Å². The topological polar surface area (TPSA) is 100 Å². The zero-order chi connectivity index (χ0) is 22.1. The fourth-order valence-corrected chi connectivity index (χ4v) is 3.26. The van der Waals surface area contributed by atoms with Gasteiger partial charge in [0.2, 0.25) is 0 Å². The van der Waals surface area contributed by atoms with Crippen LogP contribution in [0, 0.1) is 5.92 Å². The number of Topliss-reactive ketones (excluding diaryl/α,β-unsaturated/α-hetero) is 1. The second kappa shape index (κ2) is 11.1. The van der Waals surface area contributed by atoms with E-state index >= 15 is 0 Å². The summed E-state index contributed by atoms with van der Waals surface area (Å²) in [5.74, 6) is -1.40. The first-order valence-electron chi connectivity index (χ1n) is 10.1. The molecule has 8 nitrogen and oxygen atoms in total. The summed E-state index contributed by atoms with van der Waals surface area (Å²) in [5, 5.41) is 2.81. The molecular formula is C22H31NO7.